The molecule has 0 amide bonds. The SMILES string of the molecule is CC1(C)c2ccccc2C2(c3ccccc3-c3cc(-c4nc(-c5ccc(-c6ccccc6)cc5)cc(-c5cccc(C#N)c5)n4)ccc32)c2ccccc21. The van der Waals surface area contributed by atoms with Crippen molar-refractivity contribution in [1.82, 2.24) is 9.97 Å². The normalized spacial score (nSPS) is 14.0. The van der Waals surface area contributed by atoms with E-state index >= 15 is 0 Å². The van der Waals surface area contributed by atoms with E-state index in [2.05, 4.69) is 159 Å². The van der Waals surface area contributed by atoms with Crippen molar-refractivity contribution in [2.24, 2.45) is 0 Å². The lowest BCUT2D eigenvalue weighted by molar-refractivity contribution is 0.563. The fourth-order valence-electron chi connectivity index (χ4n) is 9.09. The van der Waals surface area contributed by atoms with Crippen LogP contribution in [0, 0.1) is 11.3 Å². The van der Waals surface area contributed by atoms with E-state index in [4.69, 9.17) is 9.97 Å². The molecule has 0 fully saturated rings. The molecule has 10 rings (SSSR count). The zero-order chi connectivity index (χ0) is 36.4. The molecule has 0 atom stereocenters. The molecule has 0 N–H and O–H groups in total. The molecule has 3 heteroatoms. The molecule has 2 aliphatic rings. The zero-order valence-corrected chi connectivity index (χ0v) is 30.1. The van der Waals surface area contributed by atoms with E-state index < -0.39 is 5.41 Å². The van der Waals surface area contributed by atoms with Gasteiger partial charge in [0.25, 0.3) is 0 Å². The van der Waals surface area contributed by atoms with Crippen LogP contribution in [0.5, 0.6) is 0 Å². The van der Waals surface area contributed by atoms with Gasteiger partial charge in [-0.25, -0.2) is 9.97 Å². The van der Waals surface area contributed by atoms with Gasteiger partial charge in [-0.1, -0.05) is 166 Å². The first-order chi connectivity index (χ1) is 26.5. The molecule has 8 aromatic rings. The van der Waals surface area contributed by atoms with Gasteiger partial charge < -0.3 is 0 Å². The van der Waals surface area contributed by atoms with Crippen molar-refractivity contribution in [3.05, 3.63) is 215 Å². The van der Waals surface area contributed by atoms with E-state index in [1.165, 1.54) is 50.1 Å². The van der Waals surface area contributed by atoms with Crippen molar-refractivity contribution in [3.8, 4) is 62.2 Å². The van der Waals surface area contributed by atoms with E-state index in [-0.39, 0.29) is 5.41 Å². The smallest absolute Gasteiger partial charge is 0.160 e. The maximum absolute atomic E-state index is 9.74. The van der Waals surface area contributed by atoms with Crippen LogP contribution in [0.2, 0.25) is 0 Å². The van der Waals surface area contributed by atoms with Gasteiger partial charge >= 0.3 is 0 Å². The number of nitrogens with zero attached hydrogens (tertiary/aromatic N) is 3. The number of aromatic nitrogens is 2. The molecule has 1 spiro atoms. The second-order valence-electron chi connectivity index (χ2n) is 14.9. The topological polar surface area (TPSA) is 49.6 Å². The second-order valence-corrected chi connectivity index (χ2v) is 14.9. The average Bonchev–Trinajstić information content (AvgIpc) is 3.53. The van der Waals surface area contributed by atoms with Crippen LogP contribution >= 0.6 is 0 Å². The number of hydrogen-bond acceptors (Lipinski definition) is 3. The summed E-state index contributed by atoms with van der Waals surface area (Å²) >= 11 is 0. The minimum absolute atomic E-state index is 0.150. The zero-order valence-electron chi connectivity index (χ0n) is 30.1. The summed E-state index contributed by atoms with van der Waals surface area (Å²) in [6.45, 7) is 4.71. The standard InChI is InChI=1S/C51H35N3/c1-50(2)43-19-8-10-21-45(43)51(46-22-11-9-20-44(46)50)41-18-7-6-17-39(41)40-30-38(27-28-42(40)51)49-53-47(31-48(54-49)37-16-12-13-33(29-37)32-52)36-25-23-35(24-26-36)34-14-4-3-5-15-34/h3-31H,1-2H3. The summed E-state index contributed by atoms with van der Waals surface area (Å²) in [6, 6.07) is 64.7. The molecular formula is C51H35N3. The summed E-state index contributed by atoms with van der Waals surface area (Å²) < 4.78 is 0. The van der Waals surface area contributed by atoms with Crippen molar-refractivity contribution >= 4 is 0 Å². The third kappa shape index (κ3) is 4.67. The Balaban J connectivity index is 1.18. The molecule has 7 aromatic carbocycles. The number of benzene rings is 7. The fourth-order valence-corrected chi connectivity index (χ4v) is 9.09. The highest BCUT2D eigenvalue weighted by molar-refractivity contribution is 5.90. The van der Waals surface area contributed by atoms with Crippen LogP contribution < -0.4 is 0 Å². The lowest BCUT2D eigenvalue weighted by atomic mass is 9.55. The van der Waals surface area contributed by atoms with Crippen LogP contribution in [-0.4, -0.2) is 9.97 Å². The van der Waals surface area contributed by atoms with Gasteiger partial charge in [-0.15, -0.1) is 0 Å². The van der Waals surface area contributed by atoms with Crippen molar-refractivity contribution in [1.29, 1.82) is 5.26 Å². The first-order valence-electron chi connectivity index (χ1n) is 18.5. The molecule has 0 unspecified atom stereocenters. The van der Waals surface area contributed by atoms with Gasteiger partial charge in [-0.05, 0) is 79.9 Å². The Morgan fingerprint density at radius 2 is 0.926 bits per heavy atom. The molecule has 1 heterocycles. The van der Waals surface area contributed by atoms with Gasteiger partial charge in [0.15, 0.2) is 5.82 Å². The Morgan fingerprint density at radius 1 is 0.407 bits per heavy atom. The summed E-state index contributed by atoms with van der Waals surface area (Å²) in [4.78, 5) is 10.4. The van der Waals surface area contributed by atoms with Gasteiger partial charge in [-0.3, -0.25) is 0 Å². The summed E-state index contributed by atoms with van der Waals surface area (Å²) in [5.74, 6) is 0.642. The van der Waals surface area contributed by atoms with Crippen LogP contribution in [0.1, 0.15) is 52.8 Å². The molecule has 54 heavy (non-hydrogen) atoms. The largest absolute Gasteiger partial charge is 0.228 e. The fraction of sp³-hybridized carbons (Fsp3) is 0.0784. The Kier molecular flexibility index (Phi) is 7.12. The Bertz CT molecular complexity index is 2760. The third-order valence-electron chi connectivity index (χ3n) is 11.6. The van der Waals surface area contributed by atoms with E-state index in [1.807, 2.05) is 36.4 Å². The van der Waals surface area contributed by atoms with Gasteiger partial charge in [0.1, 0.15) is 0 Å². The average molecular weight is 690 g/mol. The van der Waals surface area contributed by atoms with E-state index in [9.17, 15) is 5.26 Å². The van der Waals surface area contributed by atoms with E-state index in [1.54, 1.807) is 0 Å². The van der Waals surface area contributed by atoms with Gasteiger partial charge in [-0.2, -0.15) is 5.26 Å². The third-order valence-corrected chi connectivity index (χ3v) is 11.6. The van der Waals surface area contributed by atoms with Gasteiger partial charge in [0.2, 0.25) is 0 Å². The highest BCUT2D eigenvalue weighted by atomic mass is 14.9. The molecule has 254 valence electrons. The second kappa shape index (κ2) is 12.1. The Labute approximate surface area is 315 Å². The first-order valence-corrected chi connectivity index (χ1v) is 18.5. The van der Waals surface area contributed by atoms with Crippen molar-refractivity contribution in [2.45, 2.75) is 24.7 Å². The van der Waals surface area contributed by atoms with Gasteiger partial charge in [0, 0.05) is 22.1 Å². The summed E-state index contributed by atoms with van der Waals surface area (Å²) in [5.41, 5.74) is 17.1. The van der Waals surface area contributed by atoms with Crippen LogP contribution in [0.25, 0.3) is 56.2 Å². The quantitative estimate of drug-likeness (QED) is 0.185. The lowest BCUT2D eigenvalue weighted by Gasteiger charge is -2.46. The number of rotatable bonds is 4. The number of hydrogen-bond donors (Lipinski definition) is 0. The minimum Gasteiger partial charge on any atom is -0.228 e. The maximum Gasteiger partial charge on any atom is 0.160 e. The molecule has 3 nitrogen and oxygen atoms in total. The summed E-state index contributed by atoms with van der Waals surface area (Å²) in [6.07, 6.45) is 0. The molecule has 0 saturated heterocycles. The molecule has 2 aliphatic carbocycles. The molecule has 0 bridgehead atoms. The van der Waals surface area contributed by atoms with Crippen molar-refractivity contribution in [2.75, 3.05) is 0 Å². The first kappa shape index (κ1) is 31.8. The molecule has 1 aromatic heterocycles. The maximum atomic E-state index is 9.74. The van der Waals surface area contributed by atoms with Crippen molar-refractivity contribution < 1.29 is 0 Å². The predicted octanol–water partition coefficient (Wildman–Crippen LogP) is 12.0. The Morgan fingerprint density at radius 3 is 1.61 bits per heavy atom. The highest BCUT2D eigenvalue weighted by Gasteiger charge is 2.53. The molecule has 0 saturated carbocycles. The van der Waals surface area contributed by atoms with Crippen LogP contribution in [0.4, 0.5) is 0 Å². The number of nitriles is 1. The highest BCUT2D eigenvalue weighted by Crippen LogP contribution is 2.62. The number of fused-ring (bicyclic) bond motifs is 9. The molecule has 0 aliphatic heterocycles. The predicted molar refractivity (Wildman–Crippen MR) is 218 cm³/mol. The monoisotopic (exact) mass is 689 g/mol. The molecular weight excluding hydrogens is 655 g/mol. The summed E-state index contributed by atoms with van der Waals surface area (Å²) in [7, 11) is 0. The van der Waals surface area contributed by atoms with Crippen LogP contribution in [0.3, 0.4) is 0 Å². The lowest BCUT2D eigenvalue weighted by Crippen LogP contribution is -2.40. The van der Waals surface area contributed by atoms with Crippen LogP contribution in [-0.2, 0) is 10.8 Å². The van der Waals surface area contributed by atoms with E-state index in [0.717, 1.165) is 33.6 Å². The van der Waals surface area contributed by atoms with Gasteiger partial charge in [0.05, 0.1) is 28.4 Å². The summed E-state index contributed by atoms with van der Waals surface area (Å²) in [5, 5.41) is 9.74. The van der Waals surface area contributed by atoms with Crippen molar-refractivity contribution in [3.63, 3.8) is 0 Å². The van der Waals surface area contributed by atoms with E-state index in [0.29, 0.717) is 11.4 Å². The van der Waals surface area contributed by atoms with Crippen LogP contribution in [0.15, 0.2) is 176 Å². The minimum atomic E-state index is -0.459. The molecule has 0 radical (unpaired) electrons. The Hall–Kier alpha value is -6.89.